The standard InChI is InChI=1S/C68H81N7O12S2/c1-8-9-35-74-52-31-23-42-17-10-12-21-49(42)57(52)67(3,4)55(74)33-25-44-19-16-20-45(26-34-56-68(5,6)58-50-22-13-11-18-43(50)24-32-53(58)75(56)36-14-15-37-89(83,84)85)62(44)88-48-29-27-47(28-30-48)70-64(80)51(72-73-69)39-46(38-41(2)65(81)86-7)63(79)71-59-61(78)60(77)54(40-76)87-66(59)82/h10-13,17-18,21-34,41,46,51,54,59-61,66,76-78,82H,8-9,14-16,19-20,35-40H2,1-7H3,(H2-,70,71,79,80,83,84,85)/p+1/t41?,46?,51?,54?,59?,60-,61-,66-/m0/s1. The molecule has 1 fully saturated rings. The number of aliphatic hydroxyl groups is 4. The van der Waals surface area contributed by atoms with Crippen LogP contribution in [0.15, 0.2) is 153 Å². The van der Waals surface area contributed by atoms with Gasteiger partial charge in [0.15, 0.2) is 12.0 Å². The van der Waals surface area contributed by atoms with E-state index in [0.29, 0.717) is 25.1 Å². The van der Waals surface area contributed by atoms with Crippen molar-refractivity contribution >= 4 is 84.0 Å². The molecule has 1 saturated heterocycles. The number of allylic oxidation sites excluding steroid dienone is 7. The van der Waals surface area contributed by atoms with Gasteiger partial charge < -0.3 is 45.4 Å². The monoisotopic (exact) mass is 1250 g/mol. The molecule has 8 atom stereocenters. The highest BCUT2D eigenvalue weighted by molar-refractivity contribution is 8.03. The van der Waals surface area contributed by atoms with E-state index in [9.17, 15) is 53.3 Å². The first-order chi connectivity index (χ1) is 42.5. The summed E-state index contributed by atoms with van der Waals surface area (Å²) in [6.07, 6.45) is 7.22. The molecule has 5 aromatic rings. The van der Waals surface area contributed by atoms with Gasteiger partial charge in [-0.3, -0.25) is 18.9 Å². The van der Waals surface area contributed by atoms with Gasteiger partial charge in [0.05, 0.1) is 30.8 Å². The number of esters is 1. The first-order valence-corrected chi connectivity index (χ1v) is 33.0. The van der Waals surface area contributed by atoms with Crippen molar-refractivity contribution in [2.45, 2.75) is 152 Å². The van der Waals surface area contributed by atoms with E-state index in [4.69, 9.17) is 9.47 Å². The quantitative estimate of drug-likeness (QED) is 0.00575. The maximum Gasteiger partial charge on any atom is 0.308 e. The number of carbonyl (C=O) groups excluding carboxylic acids is 3. The Labute approximate surface area is 524 Å². The number of fused-ring (bicyclic) bond motifs is 6. The molecule has 1 aliphatic carbocycles. The molecule has 21 heteroatoms. The fraction of sp³-hybridized carbons (Fsp3) is 0.441. The van der Waals surface area contributed by atoms with Crippen LogP contribution in [0.3, 0.4) is 0 Å². The number of ether oxygens (including phenoxy) is 2. The SMILES string of the molecule is CCCCN1/C(=C/C=C2\CCCC(/C=C/C3=[N+](CCCCS(=O)(=O)O)c4ccc5ccccc5c4C3(C)C)=C2Sc2ccc(NC(=O)C(CC(CC(C)C(=O)OC)C(=O)NC3[C@@H](O)OC(CO)[C@H](O)[C@H]3O)N=[N+]=[N-])cc2)C(C)(C)c2c1ccc1ccccc21. The predicted molar refractivity (Wildman–Crippen MR) is 348 cm³/mol. The third-order valence-corrected chi connectivity index (χ3v) is 19.8. The summed E-state index contributed by atoms with van der Waals surface area (Å²) in [7, 11) is -2.95. The number of unbranched alkanes of at least 4 members (excludes halogenated alkanes) is 2. The Morgan fingerprint density at radius 2 is 1.55 bits per heavy atom. The molecule has 0 radical (unpaired) electrons. The molecule has 2 amide bonds. The van der Waals surface area contributed by atoms with Crippen LogP contribution < -0.4 is 15.5 Å². The van der Waals surface area contributed by atoms with Gasteiger partial charge in [-0.15, -0.1) is 0 Å². The zero-order chi connectivity index (χ0) is 64.0. The fourth-order valence-electron chi connectivity index (χ4n) is 13.2. The van der Waals surface area contributed by atoms with Gasteiger partial charge in [-0.1, -0.05) is 118 Å². The van der Waals surface area contributed by atoms with Crippen molar-refractivity contribution in [1.29, 1.82) is 0 Å². The van der Waals surface area contributed by atoms with E-state index >= 15 is 0 Å². The number of anilines is 2. The van der Waals surface area contributed by atoms with E-state index in [2.05, 4.69) is 156 Å². The third kappa shape index (κ3) is 14.5. The van der Waals surface area contributed by atoms with Gasteiger partial charge in [-0.05, 0) is 145 Å². The van der Waals surface area contributed by atoms with Crippen molar-refractivity contribution in [2.24, 2.45) is 17.0 Å². The number of hydrogen-bond donors (Lipinski definition) is 7. The number of azide groups is 1. The van der Waals surface area contributed by atoms with E-state index in [1.54, 1.807) is 23.9 Å². The van der Waals surface area contributed by atoms with Crippen LogP contribution >= 0.6 is 11.8 Å². The van der Waals surface area contributed by atoms with E-state index in [0.717, 1.165) is 81.8 Å². The van der Waals surface area contributed by atoms with Gasteiger partial charge >= 0.3 is 5.97 Å². The second-order valence-electron chi connectivity index (χ2n) is 24.6. The van der Waals surface area contributed by atoms with Crippen LogP contribution in [0.5, 0.6) is 0 Å². The van der Waals surface area contributed by atoms with Crippen LogP contribution in [0, 0.1) is 11.8 Å². The lowest BCUT2D eigenvalue weighted by Gasteiger charge is -2.40. The van der Waals surface area contributed by atoms with Crippen molar-refractivity contribution in [3.05, 3.63) is 165 Å². The number of nitrogens with one attached hydrogen (secondary N) is 2. The number of amides is 2. The van der Waals surface area contributed by atoms with Crippen molar-refractivity contribution in [3.63, 3.8) is 0 Å². The average molecular weight is 1250 g/mol. The molecule has 0 spiro atoms. The van der Waals surface area contributed by atoms with Crippen molar-refractivity contribution in [2.75, 3.05) is 42.8 Å². The molecule has 7 N–H and O–H groups in total. The first kappa shape index (κ1) is 66.3. The number of rotatable bonds is 24. The highest BCUT2D eigenvalue weighted by Gasteiger charge is 2.47. The molecular weight excluding hydrogens is 1170 g/mol. The zero-order valence-electron chi connectivity index (χ0n) is 51.5. The van der Waals surface area contributed by atoms with E-state index in [-0.39, 0.29) is 17.6 Å². The van der Waals surface area contributed by atoms with Crippen LogP contribution in [-0.2, 0) is 44.8 Å². The lowest BCUT2D eigenvalue weighted by molar-refractivity contribution is -0.438. The Kier molecular flexibility index (Phi) is 21.1. The van der Waals surface area contributed by atoms with Crippen LogP contribution in [0.4, 0.5) is 17.1 Å². The number of methoxy groups -OCH3 is 1. The predicted octanol–water partition coefficient (Wildman–Crippen LogP) is 11.0. The minimum atomic E-state index is -4.13. The van der Waals surface area contributed by atoms with Crippen LogP contribution in [0.1, 0.15) is 110 Å². The summed E-state index contributed by atoms with van der Waals surface area (Å²) in [4.78, 5) is 48.1. The Morgan fingerprint density at radius 1 is 0.865 bits per heavy atom. The first-order valence-electron chi connectivity index (χ1n) is 30.6. The molecule has 3 aliphatic heterocycles. The van der Waals surface area contributed by atoms with E-state index in [1.165, 1.54) is 47.3 Å². The molecule has 0 aromatic heterocycles. The summed E-state index contributed by atoms with van der Waals surface area (Å²) >= 11 is 1.62. The van der Waals surface area contributed by atoms with Gasteiger partial charge in [0.1, 0.15) is 36.9 Å². The molecule has 89 heavy (non-hydrogen) atoms. The number of nitrogens with zero attached hydrogens (tertiary/aromatic N) is 5. The smallest absolute Gasteiger partial charge is 0.308 e. The average Bonchev–Trinajstić information content (AvgIpc) is 1.62. The molecule has 0 bridgehead atoms. The minimum absolute atomic E-state index is 0.198. The van der Waals surface area contributed by atoms with Gasteiger partial charge in [-0.2, -0.15) is 13.0 Å². The molecule has 472 valence electrons. The summed E-state index contributed by atoms with van der Waals surface area (Å²) in [5.41, 5.74) is 18.6. The maximum absolute atomic E-state index is 14.1. The summed E-state index contributed by atoms with van der Waals surface area (Å²) in [6, 6.07) is 29.9. The lowest BCUT2D eigenvalue weighted by atomic mass is 9.78. The van der Waals surface area contributed by atoms with Crippen molar-refractivity contribution in [1.82, 2.24) is 5.32 Å². The topological polar surface area (TPSA) is 284 Å². The van der Waals surface area contributed by atoms with Crippen LogP contribution in [0.25, 0.3) is 32.0 Å². The maximum atomic E-state index is 14.1. The van der Waals surface area contributed by atoms with Crippen molar-refractivity contribution in [3.8, 4) is 0 Å². The van der Waals surface area contributed by atoms with Gasteiger partial charge in [0, 0.05) is 73.8 Å². The number of benzene rings is 5. The van der Waals surface area contributed by atoms with Crippen molar-refractivity contribution < 1.29 is 61.8 Å². The van der Waals surface area contributed by atoms with Crippen LogP contribution in [0.2, 0.25) is 0 Å². The molecule has 5 unspecified atom stereocenters. The van der Waals surface area contributed by atoms with Gasteiger partial charge in [0.25, 0.3) is 10.1 Å². The highest BCUT2D eigenvalue weighted by Crippen LogP contribution is 2.52. The summed E-state index contributed by atoms with van der Waals surface area (Å²) in [6.45, 7) is 13.5. The zero-order valence-corrected chi connectivity index (χ0v) is 53.1. The molecule has 0 saturated carbocycles. The second kappa shape index (κ2) is 28.3. The Morgan fingerprint density at radius 3 is 2.21 bits per heavy atom. The number of aliphatic hydroxyl groups excluding tert-OH is 4. The van der Waals surface area contributed by atoms with E-state index in [1.807, 2.05) is 18.2 Å². The normalized spacial score (nSPS) is 22.5. The second-order valence-corrected chi connectivity index (χ2v) is 27.3. The Hall–Kier alpha value is -7.17. The number of hydrogen-bond acceptors (Lipinski definition) is 14. The minimum Gasteiger partial charge on any atom is -0.469 e. The number of carbonyl (C=O) groups is 3. The molecule has 5 aromatic carbocycles. The largest absolute Gasteiger partial charge is 0.469 e. The molecular formula is C68H82N7O12S2+. The van der Waals surface area contributed by atoms with Gasteiger partial charge in [0.2, 0.25) is 17.5 Å². The lowest BCUT2D eigenvalue weighted by Crippen LogP contribution is -2.64. The highest BCUT2D eigenvalue weighted by atomic mass is 32.2. The molecule has 4 aliphatic rings. The Balaban J connectivity index is 1.06. The summed E-state index contributed by atoms with van der Waals surface area (Å²) < 4.78 is 45.7. The molecule has 19 nitrogen and oxygen atoms in total. The summed E-state index contributed by atoms with van der Waals surface area (Å²) in [5, 5.41) is 55.3. The molecule has 9 rings (SSSR count). The number of thioether (sulfide) groups is 1. The van der Waals surface area contributed by atoms with Crippen LogP contribution in [-0.4, -0.2) is 131 Å². The Bertz CT molecular complexity index is 3820. The molecule has 3 heterocycles. The van der Waals surface area contributed by atoms with Gasteiger partial charge in [-0.25, -0.2) is 0 Å². The van der Waals surface area contributed by atoms with E-state index < -0.39 is 94.9 Å². The fourth-order valence-corrected chi connectivity index (χ4v) is 14.9. The third-order valence-electron chi connectivity index (χ3n) is 17.8. The summed E-state index contributed by atoms with van der Waals surface area (Å²) in [5.74, 6) is -4.69.